The molecule has 1 aliphatic heterocycles. The number of ether oxygens (including phenoxy) is 1. The van der Waals surface area contributed by atoms with Crippen LogP contribution in [0.1, 0.15) is 22.9 Å². The van der Waals surface area contributed by atoms with Gasteiger partial charge in [0.05, 0.1) is 11.6 Å². The molecule has 1 aromatic heterocycles. The van der Waals surface area contributed by atoms with Crippen LogP contribution in [0, 0.1) is 6.92 Å². The number of hydrogen-bond donors (Lipinski definition) is 1. The highest BCUT2D eigenvalue weighted by atomic mass is 35.5. The molecule has 0 aliphatic carbocycles. The van der Waals surface area contributed by atoms with Gasteiger partial charge >= 0.3 is 5.91 Å². The van der Waals surface area contributed by atoms with E-state index < -0.39 is 17.7 Å². The number of benzene rings is 3. The summed E-state index contributed by atoms with van der Waals surface area (Å²) in [5, 5.41) is 15.6. The molecule has 3 aromatic carbocycles. The third-order valence-electron chi connectivity index (χ3n) is 5.58. The number of ketones is 1. The van der Waals surface area contributed by atoms with Crippen LogP contribution in [-0.4, -0.2) is 22.0 Å². The molecule has 8 heteroatoms. The number of Topliss-reactive ketones (excluding diaryl/α,β-unsaturated/α-hetero) is 1. The molecule has 5 rings (SSSR count). The van der Waals surface area contributed by atoms with Gasteiger partial charge in [-0.1, -0.05) is 47.1 Å². The van der Waals surface area contributed by atoms with Gasteiger partial charge in [-0.2, -0.15) is 0 Å². The first-order chi connectivity index (χ1) is 16.9. The standard InChI is InChI=1S/C27H19ClN2O5/c1-16-14-22(29-35-16)30-24(18-6-5-9-21(15-18)34-20-7-3-2-4-8-20)23(26(32)27(30)33)25(31)17-10-12-19(28)13-11-17/h2-15,24,31H,1H3/b25-23+/t24-/m0/s1. The van der Waals surface area contributed by atoms with Crippen molar-refractivity contribution in [3.05, 3.63) is 112 Å². The van der Waals surface area contributed by atoms with Gasteiger partial charge < -0.3 is 14.4 Å². The molecule has 0 spiro atoms. The molecule has 2 heterocycles. The smallest absolute Gasteiger partial charge is 0.301 e. The molecule has 1 fully saturated rings. The zero-order valence-corrected chi connectivity index (χ0v) is 19.3. The average Bonchev–Trinajstić information content (AvgIpc) is 3.40. The highest BCUT2D eigenvalue weighted by molar-refractivity contribution is 6.51. The number of aliphatic hydroxyl groups excluding tert-OH is 1. The number of rotatable bonds is 5. The molecule has 1 N–H and O–H groups in total. The van der Waals surface area contributed by atoms with Crippen LogP contribution >= 0.6 is 11.6 Å². The Morgan fingerprint density at radius 2 is 1.69 bits per heavy atom. The first-order valence-corrected chi connectivity index (χ1v) is 11.1. The minimum absolute atomic E-state index is 0.0742. The minimum atomic E-state index is -0.963. The van der Waals surface area contributed by atoms with Crippen molar-refractivity contribution in [2.75, 3.05) is 4.90 Å². The molecular weight excluding hydrogens is 468 g/mol. The van der Waals surface area contributed by atoms with Gasteiger partial charge in [0, 0.05) is 16.7 Å². The molecule has 0 radical (unpaired) electrons. The highest BCUT2D eigenvalue weighted by Gasteiger charge is 2.48. The summed E-state index contributed by atoms with van der Waals surface area (Å²) in [5.41, 5.74) is 0.828. The van der Waals surface area contributed by atoms with E-state index in [9.17, 15) is 14.7 Å². The van der Waals surface area contributed by atoms with E-state index in [2.05, 4.69) is 5.16 Å². The first-order valence-electron chi connectivity index (χ1n) is 10.8. The van der Waals surface area contributed by atoms with Crippen LogP contribution in [0.25, 0.3) is 5.76 Å². The second-order valence-electron chi connectivity index (χ2n) is 7.96. The number of aliphatic hydroxyl groups is 1. The number of aryl methyl sites for hydroxylation is 1. The topological polar surface area (TPSA) is 92.9 Å². The molecule has 1 amide bonds. The summed E-state index contributed by atoms with van der Waals surface area (Å²) in [6.07, 6.45) is 0. The summed E-state index contributed by atoms with van der Waals surface area (Å²) < 4.78 is 11.1. The number of carbonyl (C=O) groups is 2. The summed E-state index contributed by atoms with van der Waals surface area (Å²) >= 11 is 5.98. The van der Waals surface area contributed by atoms with E-state index in [1.165, 1.54) is 4.90 Å². The summed E-state index contributed by atoms with van der Waals surface area (Å²) in [5.74, 6) is -0.208. The number of hydrogen-bond acceptors (Lipinski definition) is 6. The predicted octanol–water partition coefficient (Wildman–Crippen LogP) is 6.06. The molecule has 174 valence electrons. The maximum Gasteiger partial charge on any atom is 0.301 e. The van der Waals surface area contributed by atoms with E-state index in [0.717, 1.165) is 0 Å². The molecule has 0 unspecified atom stereocenters. The SMILES string of the molecule is Cc1cc(N2C(=O)C(=O)/C(=C(/O)c3ccc(Cl)cc3)[C@@H]2c2cccc(Oc3ccccc3)c2)no1. The number of nitrogens with zero attached hydrogens (tertiary/aromatic N) is 2. The summed E-state index contributed by atoms with van der Waals surface area (Å²) in [6, 6.07) is 23.2. The summed E-state index contributed by atoms with van der Waals surface area (Å²) in [6.45, 7) is 1.68. The Morgan fingerprint density at radius 3 is 2.37 bits per heavy atom. The Bertz CT molecular complexity index is 1440. The van der Waals surface area contributed by atoms with Crippen LogP contribution in [0.3, 0.4) is 0 Å². The highest BCUT2D eigenvalue weighted by Crippen LogP contribution is 2.43. The predicted molar refractivity (Wildman–Crippen MR) is 130 cm³/mol. The van der Waals surface area contributed by atoms with Crippen molar-refractivity contribution < 1.29 is 24.0 Å². The first kappa shape index (κ1) is 22.4. The van der Waals surface area contributed by atoms with E-state index >= 15 is 0 Å². The maximum atomic E-state index is 13.2. The van der Waals surface area contributed by atoms with Gasteiger partial charge in [0.25, 0.3) is 5.78 Å². The molecule has 0 bridgehead atoms. The third-order valence-corrected chi connectivity index (χ3v) is 5.83. The van der Waals surface area contributed by atoms with Crippen LogP contribution in [0.15, 0.2) is 95.0 Å². The van der Waals surface area contributed by atoms with Crippen LogP contribution in [0.5, 0.6) is 11.5 Å². The third kappa shape index (κ3) is 4.29. The maximum absolute atomic E-state index is 13.2. The van der Waals surface area contributed by atoms with Gasteiger partial charge in [-0.15, -0.1) is 0 Å². The van der Waals surface area contributed by atoms with Gasteiger partial charge in [-0.3, -0.25) is 14.5 Å². The number of halogens is 1. The van der Waals surface area contributed by atoms with E-state index in [1.807, 2.05) is 30.3 Å². The summed E-state index contributed by atoms with van der Waals surface area (Å²) in [7, 11) is 0. The fourth-order valence-electron chi connectivity index (χ4n) is 3.99. The van der Waals surface area contributed by atoms with Crippen molar-refractivity contribution in [1.82, 2.24) is 5.16 Å². The van der Waals surface area contributed by atoms with E-state index in [4.69, 9.17) is 20.9 Å². The van der Waals surface area contributed by atoms with Crippen molar-refractivity contribution in [1.29, 1.82) is 0 Å². The Balaban J connectivity index is 1.65. The van der Waals surface area contributed by atoms with Gasteiger partial charge in [0.1, 0.15) is 23.0 Å². The number of amides is 1. The van der Waals surface area contributed by atoms with E-state index in [0.29, 0.717) is 33.4 Å². The van der Waals surface area contributed by atoms with Crippen molar-refractivity contribution in [2.24, 2.45) is 0 Å². The largest absolute Gasteiger partial charge is 0.507 e. The normalized spacial score (nSPS) is 17.1. The molecule has 0 saturated carbocycles. The van der Waals surface area contributed by atoms with Gasteiger partial charge in [-0.05, 0) is 61.0 Å². The minimum Gasteiger partial charge on any atom is -0.507 e. The van der Waals surface area contributed by atoms with E-state index in [-0.39, 0.29) is 17.2 Å². The van der Waals surface area contributed by atoms with Gasteiger partial charge in [0.15, 0.2) is 5.82 Å². The number of para-hydroxylation sites is 1. The Labute approximate surface area is 205 Å². The van der Waals surface area contributed by atoms with Crippen molar-refractivity contribution >= 4 is 34.9 Å². The fraction of sp³-hybridized carbons (Fsp3) is 0.0741. The molecular formula is C27H19ClN2O5. The van der Waals surface area contributed by atoms with E-state index in [1.54, 1.807) is 61.5 Å². The Morgan fingerprint density at radius 1 is 0.971 bits per heavy atom. The second kappa shape index (κ2) is 9.12. The quantitative estimate of drug-likeness (QED) is 0.209. The van der Waals surface area contributed by atoms with Crippen LogP contribution in [0.4, 0.5) is 5.82 Å². The number of carbonyl (C=O) groups excluding carboxylic acids is 2. The second-order valence-corrected chi connectivity index (χ2v) is 8.40. The molecule has 1 atom stereocenters. The molecule has 1 saturated heterocycles. The average molecular weight is 487 g/mol. The number of anilines is 1. The van der Waals surface area contributed by atoms with Crippen molar-refractivity contribution in [3.63, 3.8) is 0 Å². The molecule has 1 aliphatic rings. The lowest BCUT2D eigenvalue weighted by Gasteiger charge is -2.23. The molecule has 7 nitrogen and oxygen atoms in total. The number of aromatic nitrogens is 1. The van der Waals surface area contributed by atoms with Gasteiger partial charge in [-0.25, -0.2) is 0 Å². The molecule has 4 aromatic rings. The monoisotopic (exact) mass is 486 g/mol. The lowest BCUT2D eigenvalue weighted by Crippen LogP contribution is -2.29. The van der Waals surface area contributed by atoms with Crippen LogP contribution < -0.4 is 9.64 Å². The summed E-state index contributed by atoms with van der Waals surface area (Å²) in [4.78, 5) is 27.6. The Hall–Kier alpha value is -4.36. The van der Waals surface area contributed by atoms with Crippen LogP contribution in [-0.2, 0) is 9.59 Å². The lowest BCUT2D eigenvalue weighted by atomic mass is 9.95. The fourth-order valence-corrected chi connectivity index (χ4v) is 4.11. The zero-order valence-electron chi connectivity index (χ0n) is 18.5. The lowest BCUT2D eigenvalue weighted by molar-refractivity contribution is -0.132. The van der Waals surface area contributed by atoms with Crippen molar-refractivity contribution in [2.45, 2.75) is 13.0 Å². The Kier molecular flexibility index (Phi) is 5.84. The van der Waals surface area contributed by atoms with Gasteiger partial charge in [0.2, 0.25) is 0 Å². The van der Waals surface area contributed by atoms with Crippen molar-refractivity contribution in [3.8, 4) is 11.5 Å². The van der Waals surface area contributed by atoms with Crippen LogP contribution in [0.2, 0.25) is 5.02 Å². The molecule has 35 heavy (non-hydrogen) atoms. The zero-order chi connectivity index (χ0) is 24.5.